The van der Waals surface area contributed by atoms with Gasteiger partial charge in [0.2, 0.25) is 0 Å². The normalized spacial score (nSPS) is 10.1. The molecule has 0 aromatic heterocycles. The van der Waals surface area contributed by atoms with Crippen molar-refractivity contribution in [3.8, 4) is 11.8 Å². The first-order valence-corrected chi connectivity index (χ1v) is 6.73. The molecule has 0 saturated heterocycles. The summed E-state index contributed by atoms with van der Waals surface area (Å²) in [6.07, 6.45) is 0.170. The van der Waals surface area contributed by atoms with Gasteiger partial charge in [0, 0.05) is 17.7 Å². The molecule has 4 nitrogen and oxygen atoms in total. The van der Waals surface area contributed by atoms with Crippen LogP contribution in [0.25, 0.3) is 0 Å². The molecule has 0 heterocycles. The predicted molar refractivity (Wildman–Crippen MR) is 80.5 cm³/mol. The van der Waals surface area contributed by atoms with Crippen LogP contribution in [0.3, 0.4) is 0 Å². The molecule has 0 saturated carbocycles. The Labute approximate surface area is 120 Å². The fraction of sp³-hybridized carbons (Fsp3) is 0.438. The second-order valence-electron chi connectivity index (χ2n) is 4.77. The van der Waals surface area contributed by atoms with E-state index >= 15 is 0 Å². The topological polar surface area (TPSA) is 64.4 Å². The molecular formula is C16H22N2O2. The highest BCUT2D eigenvalue weighted by Crippen LogP contribution is 2.09. The number of nitrogens with one attached hydrogen (secondary N) is 1. The van der Waals surface area contributed by atoms with Gasteiger partial charge in [0.1, 0.15) is 0 Å². The van der Waals surface area contributed by atoms with E-state index in [-0.39, 0.29) is 12.0 Å². The van der Waals surface area contributed by atoms with Crippen molar-refractivity contribution in [1.82, 2.24) is 5.32 Å². The summed E-state index contributed by atoms with van der Waals surface area (Å²) < 4.78 is 5.38. The fourth-order valence-corrected chi connectivity index (χ4v) is 1.70. The molecule has 0 fully saturated rings. The molecule has 0 unspecified atom stereocenters. The molecular weight excluding hydrogens is 252 g/mol. The number of benzene rings is 1. The Morgan fingerprint density at radius 1 is 1.40 bits per heavy atom. The van der Waals surface area contributed by atoms with Gasteiger partial charge in [0.15, 0.2) is 0 Å². The van der Waals surface area contributed by atoms with E-state index in [1.165, 1.54) is 0 Å². The van der Waals surface area contributed by atoms with E-state index in [4.69, 9.17) is 10.5 Å². The summed E-state index contributed by atoms with van der Waals surface area (Å²) >= 11 is 0. The first-order valence-electron chi connectivity index (χ1n) is 6.73. The minimum absolute atomic E-state index is 0.114. The van der Waals surface area contributed by atoms with E-state index in [0.29, 0.717) is 25.3 Å². The van der Waals surface area contributed by atoms with Gasteiger partial charge in [-0.1, -0.05) is 11.8 Å². The standard InChI is InChI=1S/C16H22N2O2/c1-12(2)20-8-7-18-16(19)15-10-13(3)9-14(11-15)5-4-6-17/h9-12H,6-8,17H2,1-3H3,(H,18,19). The highest BCUT2D eigenvalue weighted by Gasteiger charge is 2.06. The average Bonchev–Trinajstić information content (AvgIpc) is 2.40. The van der Waals surface area contributed by atoms with E-state index in [2.05, 4.69) is 17.2 Å². The van der Waals surface area contributed by atoms with Crippen molar-refractivity contribution in [2.75, 3.05) is 19.7 Å². The van der Waals surface area contributed by atoms with Crippen LogP contribution in [0.5, 0.6) is 0 Å². The van der Waals surface area contributed by atoms with Crippen molar-refractivity contribution in [2.24, 2.45) is 5.73 Å². The summed E-state index contributed by atoms with van der Waals surface area (Å²) in [4.78, 5) is 12.0. The van der Waals surface area contributed by atoms with E-state index in [9.17, 15) is 4.79 Å². The Kier molecular flexibility index (Phi) is 6.78. The SMILES string of the molecule is Cc1cc(C#CCN)cc(C(=O)NCCOC(C)C)c1. The van der Waals surface area contributed by atoms with Crippen molar-refractivity contribution in [1.29, 1.82) is 0 Å². The van der Waals surface area contributed by atoms with Crippen molar-refractivity contribution >= 4 is 5.91 Å². The van der Waals surface area contributed by atoms with Crippen LogP contribution >= 0.6 is 0 Å². The van der Waals surface area contributed by atoms with E-state index in [1.807, 2.05) is 32.9 Å². The van der Waals surface area contributed by atoms with Crippen LogP contribution in [0.15, 0.2) is 18.2 Å². The minimum atomic E-state index is -0.114. The van der Waals surface area contributed by atoms with Crippen LogP contribution in [-0.2, 0) is 4.74 Å². The summed E-state index contributed by atoms with van der Waals surface area (Å²) in [6, 6.07) is 5.54. The summed E-state index contributed by atoms with van der Waals surface area (Å²) in [5, 5.41) is 2.83. The lowest BCUT2D eigenvalue weighted by Gasteiger charge is -2.09. The lowest BCUT2D eigenvalue weighted by atomic mass is 10.1. The van der Waals surface area contributed by atoms with Crippen molar-refractivity contribution in [3.63, 3.8) is 0 Å². The minimum Gasteiger partial charge on any atom is -0.377 e. The first kappa shape index (κ1) is 16.2. The van der Waals surface area contributed by atoms with Crippen molar-refractivity contribution in [2.45, 2.75) is 26.9 Å². The summed E-state index contributed by atoms with van der Waals surface area (Å²) in [6.45, 7) is 7.17. The number of rotatable bonds is 5. The summed E-state index contributed by atoms with van der Waals surface area (Å²) in [5.41, 5.74) is 7.76. The van der Waals surface area contributed by atoms with Gasteiger partial charge in [0.25, 0.3) is 5.91 Å². The van der Waals surface area contributed by atoms with Crippen LogP contribution in [-0.4, -0.2) is 31.7 Å². The zero-order valence-electron chi connectivity index (χ0n) is 12.3. The first-order chi connectivity index (χ1) is 9.52. The quantitative estimate of drug-likeness (QED) is 0.631. The third-order valence-corrected chi connectivity index (χ3v) is 2.51. The molecule has 0 aliphatic carbocycles. The number of aryl methyl sites for hydroxylation is 1. The van der Waals surface area contributed by atoms with Gasteiger partial charge in [-0.05, 0) is 44.5 Å². The number of ether oxygens (including phenoxy) is 1. The Morgan fingerprint density at radius 2 is 2.15 bits per heavy atom. The third-order valence-electron chi connectivity index (χ3n) is 2.51. The Bertz CT molecular complexity index is 513. The van der Waals surface area contributed by atoms with Gasteiger partial charge in [-0.2, -0.15) is 0 Å². The number of hydrogen-bond acceptors (Lipinski definition) is 3. The molecule has 0 radical (unpaired) electrons. The average molecular weight is 274 g/mol. The third kappa shape index (κ3) is 5.87. The molecule has 1 aromatic rings. The van der Waals surface area contributed by atoms with Crippen LogP contribution in [0, 0.1) is 18.8 Å². The van der Waals surface area contributed by atoms with Crippen molar-refractivity contribution < 1.29 is 9.53 Å². The molecule has 0 spiro atoms. The van der Waals surface area contributed by atoms with Crippen LogP contribution in [0.1, 0.15) is 35.3 Å². The summed E-state index contributed by atoms with van der Waals surface area (Å²) in [5.74, 6) is 5.62. The maximum atomic E-state index is 12.0. The van der Waals surface area contributed by atoms with Crippen LogP contribution < -0.4 is 11.1 Å². The van der Waals surface area contributed by atoms with Gasteiger partial charge >= 0.3 is 0 Å². The highest BCUT2D eigenvalue weighted by atomic mass is 16.5. The smallest absolute Gasteiger partial charge is 0.251 e. The number of amides is 1. The van der Waals surface area contributed by atoms with Crippen molar-refractivity contribution in [3.05, 3.63) is 34.9 Å². The second-order valence-corrected chi connectivity index (χ2v) is 4.77. The number of nitrogens with two attached hydrogens (primary N) is 1. The predicted octanol–water partition coefficient (Wildman–Crippen LogP) is 1.46. The Balaban J connectivity index is 2.65. The largest absolute Gasteiger partial charge is 0.377 e. The van der Waals surface area contributed by atoms with Gasteiger partial charge in [-0.3, -0.25) is 4.79 Å². The van der Waals surface area contributed by atoms with E-state index in [1.54, 1.807) is 6.07 Å². The molecule has 0 atom stereocenters. The molecule has 0 aliphatic heterocycles. The molecule has 3 N–H and O–H groups in total. The molecule has 20 heavy (non-hydrogen) atoms. The van der Waals surface area contributed by atoms with E-state index < -0.39 is 0 Å². The molecule has 1 aromatic carbocycles. The Morgan fingerprint density at radius 3 is 2.80 bits per heavy atom. The monoisotopic (exact) mass is 274 g/mol. The molecule has 4 heteroatoms. The molecule has 108 valence electrons. The zero-order chi connectivity index (χ0) is 15.0. The zero-order valence-corrected chi connectivity index (χ0v) is 12.3. The van der Waals surface area contributed by atoms with Gasteiger partial charge in [-0.25, -0.2) is 0 Å². The number of carbonyl (C=O) groups excluding carboxylic acids is 1. The lowest BCUT2D eigenvalue weighted by Crippen LogP contribution is -2.28. The maximum Gasteiger partial charge on any atom is 0.251 e. The highest BCUT2D eigenvalue weighted by molar-refractivity contribution is 5.94. The van der Waals surface area contributed by atoms with Gasteiger partial charge in [0.05, 0.1) is 19.3 Å². The van der Waals surface area contributed by atoms with E-state index in [0.717, 1.165) is 11.1 Å². The molecule has 0 bridgehead atoms. The number of carbonyl (C=O) groups is 1. The fourth-order valence-electron chi connectivity index (χ4n) is 1.70. The molecule has 0 aliphatic rings. The van der Waals surface area contributed by atoms with Crippen LogP contribution in [0.2, 0.25) is 0 Å². The van der Waals surface area contributed by atoms with Crippen LogP contribution in [0.4, 0.5) is 0 Å². The number of hydrogen-bond donors (Lipinski definition) is 2. The lowest BCUT2D eigenvalue weighted by molar-refractivity contribution is 0.0746. The Hall–Kier alpha value is -1.83. The second kappa shape index (κ2) is 8.36. The van der Waals surface area contributed by atoms with Gasteiger partial charge < -0.3 is 15.8 Å². The van der Waals surface area contributed by atoms with Gasteiger partial charge in [-0.15, -0.1) is 0 Å². The maximum absolute atomic E-state index is 12.0. The molecule has 1 amide bonds. The summed E-state index contributed by atoms with van der Waals surface area (Å²) in [7, 11) is 0. The molecule has 1 rings (SSSR count).